The molecule has 1 aliphatic rings. The molecule has 0 bridgehead atoms. The van der Waals surface area contributed by atoms with Crippen molar-refractivity contribution < 1.29 is 0 Å². The Hall–Kier alpha value is -7.30. The average molecular weight is 717 g/mol. The Morgan fingerprint density at radius 1 is 0.339 bits per heavy atom. The number of nitrogens with zero attached hydrogens (tertiary/aromatic N) is 4. The second kappa shape index (κ2) is 13.2. The fourth-order valence-corrected chi connectivity index (χ4v) is 8.73. The second-order valence-corrected chi connectivity index (χ2v) is 14.5. The minimum absolute atomic E-state index is 0.991. The van der Waals surface area contributed by atoms with Crippen molar-refractivity contribution in [2.75, 3.05) is 9.80 Å². The van der Waals surface area contributed by atoms with Crippen LogP contribution in [0.1, 0.15) is 12.8 Å². The van der Waals surface area contributed by atoms with Gasteiger partial charge in [0.25, 0.3) is 0 Å². The first-order valence-electron chi connectivity index (χ1n) is 19.3. The van der Waals surface area contributed by atoms with E-state index in [1.807, 2.05) is 12.4 Å². The summed E-state index contributed by atoms with van der Waals surface area (Å²) in [7, 11) is 0. The second-order valence-electron chi connectivity index (χ2n) is 14.5. The van der Waals surface area contributed by atoms with Crippen molar-refractivity contribution in [1.29, 1.82) is 0 Å². The molecule has 2 aromatic heterocycles. The Morgan fingerprint density at radius 2 is 0.732 bits per heavy atom. The average Bonchev–Trinajstić information content (AvgIpc) is 3.28. The Kier molecular flexibility index (Phi) is 7.59. The number of rotatable bonds is 6. The normalized spacial score (nSPS) is 12.9. The minimum Gasteiger partial charge on any atom is -0.309 e. The molecule has 0 saturated heterocycles. The van der Waals surface area contributed by atoms with Crippen LogP contribution in [0.5, 0.6) is 0 Å². The van der Waals surface area contributed by atoms with Gasteiger partial charge in [0.15, 0.2) is 0 Å². The molecule has 2 heterocycles. The highest BCUT2D eigenvalue weighted by Gasteiger charge is 2.20. The van der Waals surface area contributed by atoms with Gasteiger partial charge in [-0.1, -0.05) is 115 Å². The standard InChI is InChI=1S/C52H36N4/c1-5-17-35(18-6-1)55(36-19-7-2-8-20-36)39-29-47-43-27-15-13-25-41(43)45-32-50-46(31-49(45)51(47)53-33-39)42-26-14-16-28-44(42)48-30-40(34-54-52(48)50)56(37-21-9-3-10-22-37)38-23-11-4-12-24-38/h1-3,5-11,13-34H,4,12H2. The number of hydrogen-bond acceptors (Lipinski definition) is 4. The molecule has 0 saturated carbocycles. The van der Waals surface area contributed by atoms with Crippen LogP contribution >= 0.6 is 0 Å². The molecular weight excluding hydrogens is 681 g/mol. The van der Waals surface area contributed by atoms with Crippen LogP contribution < -0.4 is 9.80 Å². The molecule has 4 heteroatoms. The molecule has 8 aromatic carbocycles. The smallest absolute Gasteiger partial charge is 0.0788 e. The predicted octanol–water partition coefficient (Wildman–Crippen LogP) is 14.2. The Morgan fingerprint density at radius 3 is 1.18 bits per heavy atom. The molecule has 56 heavy (non-hydrogen) atoms. The lowest BCUT2D eigenvalue weighted by molar-refractivity contribution is 0.996. The number of benzene rings is 8. The number of allylic oxidation sites excluding steroid dienone is 3. The van der Waals surface area contributed by atoms with Crippen LogP contribution in [0.3, 0.4) is 0 Å². The summed E-state index contributed by atoms with van der Waals surface area (Å²) in [5.41, 5.74) is 8.51. The van der Waals surface area contributed by atoms with Crippen molar-refractivity contribution in [3.8, 4) is 0 Å². The van der Waals surface area contributed by atoms with Gasteiger partial charge < -0.3 is 9.80 Å². The van der Waals surface area contributed by atoms with E-state index in [1.54, 1.807) is 0 Å². The number of fused-ring (bicyclic) bond motifs is 12. The molecule has 0 spiro atoms. The maximum atomic E-state index is 5.32. The number of para-hydroxylation sites is 3. The third-order valence-electron chi connectivity index (χ3n) is 11.2. The van der Waals surface area contributed by atoms with Crippen molar-refractivity contribution in [3.05, 3.63) is 200 Å². The van der Waals surface area contributed by atoms with E-state index in [0.717, 1.165) is 73.9 Å². The summed E-state index contributed by atoms with van der Waals surface area (Å²) >= 11 is 0. The molecule has 0 atom stereocenters. The van der Waals surface area contributed by atoms with E-state index < -0.39 is 0 Å². The number of pyridine rings is 2. The molecule has 0 unspecified atom stereocenters. The van der Waals surface area contributed by atoms with E-state index in [9.17, 15) is 0 Å². The SMILES string of the molecule is C1=CC(N(c2ccccc2)c2cnc3c(c2)c2ccccc2c2cc4c(cc23)c2ccccc2c2cc(N(c3ccccc3)c3ccccc3)cnc24)=CCC1. The van der Waals surface area contributed by atoms with Gasteiger partial charge in [-0.25, -0.2) is 0 Å². The summed E-state index contributed by atoms with van der Waals surface area (Å²) < 4.78 is 0. The Balaban J connectivity index is 1.17. The summed E-state index contributed by atoms with van der Waals surface area (Å²) in [4.78, 5) is 15.2. The van der Waals surface area contributed by atoms with E-state index in [4.69, 9.17) is 9.97 Å². The zero-order chi connectivity index (χ0) is 37.0. The van der Waals surface area contributed by atoms with Gasteiger partial charge in [-0.3, -0.25) is 9.97 Å². The summed E-state index contributed by atoms with van der Waals surface area (Å²) in [6.07, 6.45) is 13.0. The van der Waals surface area contributed by atoms with E-state index >= 15 is 0 Å². The van der Waals surface area contributed by atoms with E-state index in [1.165, 1.54) is 38.0 Å². The monoisotopic (exact) mass is 716 g/mol. The Bertz CT molecular complexity index is 3150. The number of hydrogen-bond donors (Lipinski definition) is 0. The number of anilines is 5. The van der Waals surface area contributed by atoms with Crippen molar-refractivity contribution in [2.24, 2.45) is 0 Å². The van der Waals surface area contributed by atoms with Gasteiger partial charge in [0, 0.05) is 44.3 Å². The molecular formula is C52H36N4. The maximum Gasteiger partial charge on any atom is 0.0788 e. The highest BCUT2D eigenvalue weighted by Crippen LogP contribution is 2.44. The third-order valence-corrected chi connectivity index (χ3v) is 11.2. The molecule has 11 rings (SSSR count). The van der Waals surface area contributed by atoms with E-state index in [2.05, 4.69) is 192 Å². The quantitative estimate of drug-likeness (QED) is 0.127. The zero-order valence-electron chi connectivity index (χ0n) is 30.7. The highest BCUT2D eigenvalue weighted by molar-refractivity contribution is 6.32. The van der Waals surface area contributed by atoms with Gasteiger partial charge in [-0.2, -0.15) is 0 Å². The summed E-state index contributed by atoms with van der Waals surface area (Å²) in [5.74, 6) is 0. The molecule has 0 aliphatic heterocycles. The minimum atomic E-state index is 0.991. The van der Waals surface area contributed by atoms with Gasteiger partial charge in [-0.15, -0.1) is 0 Å². The highest BCUT2D eigenvalue weighted by atomic mass is 15.2. The van der Waals surface area contributed by atoms with Crippen LogP contribution in [-0.4, -0.2) is 9.97 Å². The van der Waals surface area contributed by atoms with Crippen LogP contribution in [0.4, 0.5) is 28.4 Å². The van der Waals surface area contributed by atoms with Gasteiger partial charge in [0.2, 0.25) is 0 Å². The lowest BCUT2D eigenvalue weighted by Gasteiger charge is -2.27. The van der Waals surface area contributed by atoms with Crippen LogP contribution in [0.15, 0.2) is 200 Å². The van der Waals surface area contributed by atoms with Gasteiger partial charge in [0.1, 0.15) is 0 Å². The fourth-order valence-electron chi connectivity index (χ4n) is 8.73. The van der Waals surface area contributed by atoms with Crippen LogP contribution in [0.25, 0.3) is 64.9 Å². The van der Waals surface area contributed by atoms with Gasteiger partial charge in [0.05, 0.1) is 34.8 Å². The molecule has 10 aromatic rings. The number of aromatic nitrogens is 2. The largest absolute Gasteiger partial charge is 0.309 e. The summed E-state index contributed by atoms with van der Waals surface area (Å²) in [6.45, 7) is 0. The summed E-state index contributed by atoms with van der Waals surface area (Å²) in [5, 5.41) is 11.7. The molecule has 1 aliphatic carbocycles. The topological polar surface area (TPSA) is 32.3 Å². The fraction of sp³-hybridized carbons (Fsp3) is 0.0385. The van der Waals surface area contributed by atoms with E-state index in [-0.39, 0.29) is 0 Å². The predicted molar refractivity (Wildman–Crippen MR) is 237 cm³/mol. The van der Waals surface area contributed by atoms with Crippen molar-refractivity contribution in [1.82, 2.24) is 9.97 Å². The van der Waals surface area contributed by atoms with Crippen molar-refractivity contribution in [3.63, 3.8) is 0 Å². The first-order chi connectivity index (χ1) is 27.8. The van der Waals surface area contributed by atoms with Crippen LogP contribution in [0.2, 0.25) is 0 Å². The Labute approximate surface area is 324 Å². The van der Waals surface area contributed by atoms with Crippen molar-refractivity contribution >= 4 is 93.3 Å². The molecule has 264 valence electrons. The first-order valence-corrected chi connectivity index (χ1v) is 19.3. The summed E-state index contributed by atoms with van der Waals surface area (Å²) in [6, 6.07) is 58.6. The van der Waals surface area contributed by atoms with Crippen LogP contribution in [-0.2, 0) is 0 Å². The van der Waals surface area contributed by atoms with E-state index in [0.29, 0.717) is 0 Å². The molecule has 0 radical (unpaired) electrons. The first kappa shape index (κ1) is 32.2. The zero-order valence-corrected chi connectivity index (χ0v) is 30.7. The lowest BCUT2D eigenvalue weighted by atomic mass is 9.91. The molecule has 0 N–H and O–H groups in total. The molecule has 0 amide bonds. The molecule has 4 nitrogen and oxygen atoms in total. The third kappa shape index (κ3) is 5.22. The van der Waals surface area contributed by atoms with Gasteiger partial charge in [-0.05, 0) is 112 Å². The maximum absolute atomic E-state index is 5.32. The van der Waals surface area contributed by atoms with Crippen molar-refractivity contribution in [2.45, 2.75) is 12.8 Å². The van der Waals surface area contributed by atoms with Gasteiger partial charge >= 0.3 is 0 Å². The lowest BCUT2D eigenvalue weighted by Crippen LogP contribution is -2.16. The molecule has 0 fully saturated rings. The van der Waals surface area contributed by atoms with Crippen LogP contribution in [0, 0.1) is 0 Å².